The molecule has 1 unspecified atom stereocenters. The summed E-state index contributed by atoms with van der Waals surface area (Å²) in [6.45, 7) is 0.445. The predicted octanol–water partition coefficient (Wildman–Crippen LogP) is 1.83. The lowest BCUT2D eigenvalue weighted by Gasteiger charge is -2.08. The maximum atomic E-state index is 12.1. The van der Waals surface area contributed by atoms with E-state index in [9.17, 15) is 4.79 Å². The lowest BCUT2D eigenvalue weighted by Crippen LogP contribution is -2.34. The van der Waals surface area contributed by atoms with Crippen molar-refractivity contribution in [2.45, 2.75) is 19.1 Å². The molecule has 0 saturated carbocycles. The van der Waals surface area contributed by atoms with Crippen molar-refractivity contribution in [2.24, 2.45) is 5.16 Å². The van der Waals surface area contributed by atoms with E-state index in [1.807, 2.05) is 42.6 Å². The van der Waals surface area contributed by atoms with Crippen LogP contribution < -0.4 is 10.1 Å². The number of hydrogen-bond donors (Lipinski definition) is 2. The number of ether oxygens (including phenoxy) is 1. The Morgan fingerprint density at radius 2 is 2.36 bits per heavy atom. The predicted molar refractivity (Wildman–Crippen MR) is 81.7 cm³/mol. The lowest BCUT2D eigenvalue weighted by atomic mass is 10.0. The van der Waals surface area contributed by atoms with E-state index < -0.39 is 6.10 Å². The second-order valence-electron chi connectivity index (χ2n) is 4.98. The van der Waals surface area contributed by atoms with Gasteiger partial charge in [-0.2, -0.15) is 0 Å². The summed E-state index contributed by atoms with van der Waals surface area (Å²) in [5, 5.41) is 6.85. The Hall–Kier alpha value is -2.76. The first-order chi connectivity index (χ1) is 10.8. The molecule has 2 heterocycles. The second-order valence-corrected chi connectivity index (χ2v) is 4.98. The molecule has 2 N–H and O–H groups in total. The number of amides is 1. The van der Waals surface area contributed by atoms with Crippen LogP contribution in [-0.4, -0.2) is 29.8 Å². The number of nitrogens with zero attached hydrogens (tertiary/aromatic N) is 1. The van der Waals surface area contributed by atoms with Crippen molar-refractivity contribution in [3.63, 3.8) is 0 Å². The molecule has 1 aliphatic rings. The summed E-state index contributed by atoms with van der Waals surface area (Å²) in [5.74, 6) is 0.580. The third kappa shape index (κ3) is 3.11. The monoisotopic (exact) mass is 299 g/mol. The van der Waals surface area contributed by atoms with Gasteiger partial charge < -0.3 is 19.9 Å². The number of hydrogen-bond acceptors (Lipinski definition) is 4. The smallest absolute Gasteiger partial charge is 0.264 e. The van der Waals surface area contributed by atoms with Crippen LogP contribution in [-0.2, 0) is 16.2 Å². The van der Waals surface area contributed by atoms with Crippen molar-refractivity contribution in [1.82, 2.24) is 10.3 Å². The van der Waals surface area contributed by atoms with E-state index >= 15 is 0 Å². The Balaban J connectivity index is 1.57. The summed E-state index contributed by atoms with van der Waals surface area (Å²) in [6, 6.07) is 11.3. The van der Waals surface area contributed by atoms with Gasteiger partial charge in [-0.1, -0.05) is 17.3 Å². The first-order valence-corrected chi connectivity index (χ1v) is 7.03. The van der Waals surface area contributed by atoms with Gasteiger partial charge in [0.1, 0.15) is 5.75 Å². The molecule has 1 aromatic carbocycles. The third-order valence-corrected chi connectivity index (χ3v) is 3.48. The number of aromatic nitrogens is 1. The van der Waals surface area contributed by atoms with Crippen LogP contribution in [0.5, 0.6) is 5.75 Å². The fraction of sp³-hybridized carbons (Fsp3) is 0.250. The highest BCUT2D eigenvalue weighted by molar-refractivity contribution is 6.04. The Morgan fingerprint density at radius 3 is 3.14 bits per heavy atom. The number of oxime groups is 1. The van der Waals surface area contributed by atoms with E-state index in [0.717, 1.165) is 22.7 Å². The number of benzene rings is 1. The molecule has 6 heteroatoms. The zero-order chi connectivity index (χ0) is 15.4. The highest BCUT2D eigenvalue weighted by Gasteiger charge is 2.28. The molecule has 1 atom stereocenters. The number of carbonyl (C=O) groups is 1. The van der Waals surface area contributed by atoms with Crippen LogP contribution in [0.15, 0.2) is 47.8 Å². The van der Waals surface area contributed by atoms with Crippen LogP contribution in [0.25, 0.3) is 0 Å². The first-order valence-electron chi connectivity index (χ1n) is 7.03. The number of carbonyl (C=O) groups excluding carboxylic acids is 1. The normalized spacial score (nSPS) is 16.8. The van der Waals surface area contributed by atoms with Gasteiger partial charge in [0.15, 0.2) is 0 Å². The van der Waals surface area contributed by atoms with E-state index in [1.54, 1.807) is 7.11 Å². The average molecular weight is 299 g/mol. The van der Waals surface area contributed by atoms with Crippen LogP contribution in [0.4, 0.5) is 0 Å². The molecule has 2 aromatic rings. The zero-order valence-electron chi connectivity index (χ0n) is 12.2. The maximum absolute atomic E-state index is 12.1. The van der Waals surface area contributed by atoms with Gasteiger partial charge in [-0.05, 0) is 24.3 Å². The van der Waals surface area contributed by atoms with Crippen LogP contribution in [0, 0.1) is 0 Å². The Kier molecular flexibility index (Phi) is 4.09. The molecule has 3 rings (SSSR count). The zero-order valence-corrected chi connectivity index (χ0v) is 12.2. The van der Waals surface area contributed by atoms with E-state index in [0.29, 0.717) is 13.0 Å². The van der Waals surface area contributed by atoms with Crippen molar-refractivity contribution in [3.05, 3.63) is 53.9 Å². The van der Waals surface area contributed by atoms with Crippen molar-refractivity contribution in [3.8, 4) is 5.75 Å². The SMILES string of the molecule is COc1cccc(C2=NOC(C(=O)NCc3ccc[nH]3)C2)c1. The lowest BCUT2D eigenvalue weighted by molar-refractivity contribution is -0.131. The molecule has 0 spiro atoms. The van der Waals surface area contributed by atoms with Gasteiger partial charge in [0.05, 0.1) is 19.4 Å². The molecule has 114 valence electrons. The third-order valence-electron chi connectivity index (χ3n) is 3.48. The minimum Gasteiger partial charge on any atom is -0.497 e. The van der Waals surface area contributed by atoms with E-state index in [-0.39, 0.29) is 5.91 Å². The number of aromatic amines is 1. The standard InChI is InChI=1S/C16H17N3O3/c1-21-13-6-2-4-11(8-13)14-9-15(22-19-14)16(20)18-10-12-5-3-7-17-12/h2-8,15,17H,9-10H2,1H3,(H,18,20). The molecule has 0 saturated heterocycles. The number of H-pyrrole nitrogens is 1. The molecule has 0 radical (unpaired) electrons. The Morgan fingerprint density at radius 1 is 1.45 bits per heavy atom. The largest absolute Gasteiger partial charge is 0.497 e. The first kappa shape index (κ1) is 14.2. The van der Waals surface area contributed by atoms with Crippen molar-refractivity contribution >= 4 is 11.6 Å². The average Bonchev–Trinajstić information content (AvgIpc) is 3.24. The van der Waals surface area contributed by atoms with Crippen LogP contribution in [0.1, 0.15) is 17.7 Å². The summed E-state index contributed by atoms with van der Waals surface area (Å²) in [7, 11) is 1.61. The van der Waals surface area contributed by atoms with Crippen molar-refractivity contribution < 1.29 is 14.4 Å². The van der Waals surface area contributed by atoms with E-state index in [1.165, 1.54) is 0 Å². The molecule has 0 bridgehead atoms. The van der Waals surface area contributed by atoms with Crippen LogP contribution in [0.2, 0.25) is 0 Å². The minimum absolute atomic E-state index is 0.170. The van der Waals surface area contributed by atoms with Gasteiger partial charge in [-0.25, -0.2) is 0 Å². The molecule has 0 fully saturated rings. The molecular formula is C16H17N3O3. The highest BCUT2D eigenvalue weighted by atomic mass is 16.6. The van der Waals surface area contributed by atoms with Gasteiger partial charge in [-0.15, -0.1) is 0 Å². The molecule has 1 amide bonds. The number of methoxy groups -OCH3 is 1. The van der Waals surface area contributed by atoms with Gasteiger partial charge >= 0.3 is 0 Å². The molecule has 6 nitrogen and oxygen atoms in total. The molecule has 0 aliphatic carbocycles. The van der Waals surface area contributed by atoms with Gasteiger partial charge in [0.2, 0.25) is 6.10 Å². The van der Waals surface area contributed by atoms with Crippen molar-refractivity contribution in [2.75, 3.05) is 7.11 Å². The van der Waals surface area contributed by atoms with Gasteiger partial charge in [0, 0.05) is 23.9 Å². The quantitative estimate of drug-likeness (QED) is 0.884. The fourth-order valence-electron chi connectivity index (χ4n) is 2.26. The molecule has 1 aromatic heterocycles. The summed E-state index contributed by atoms with van der Waals surface area (Å²) < 4.78 is 5.19. The van der Waals surface area contributed by atoms with Crippen LogP contribution >= 0.6 is 0 Å². The van der Waals surface area contributed by atoms with Gasteiger partial charge in [0.25, 0.3) is 5.91 Å². The Labute approximate surface area is 128 Å². The maximum Gasteiger partial charge on any atom is 0.264 e. The van der Waals surface area contributed by atoms with Gasteiger partial charge in [-0.3, -0.25) is 4.79 Å². The van der Waals surface area contributed by atoms with Crippen molar-refractivity contribution in [1.29, 1.82) is 0 Å². The fourth-order valence-corrected chi connectivity index (χ4v) is 2.26. The summed E-state index contributed by atoms with van der Waals surface area (Å²) in [4.78, 5) is 20.4. The highest BCUT2D eigenvalue weighted by Crippen LogP contribution is 2.20. The summed E-state index contributed by atoms with van der Waals surface area (Å²) >= 11 is 0. The van der Waals surface area contributed by atoms with Crippen LogP contribution in [0.3, 0.4) is 0 Å². The molecule has 1 aliphatic heterocycles. The second kappa shape index (κ2) is 6.34. The summed E-state index contributed by atoms with van der Waals surface area (Å²) in [5.41, 5.74) is 2.60. The van der Waals surface area contributed by atoms with E-state index in [4.69, 9.17) is 9.57 Å². The van der Waals surface area contributed by atoms with E-state index in [2.05, 4.69) is 15.5 Å². The number of nitrogens with one attached hydrogen (secondary N) is 2. The minimum atomic E-state index is -0.587. The topological polar surface area (TPSA) is 75.7 Å². The summed E-state index contributed by atoms with van der Waals surface area (Å²) in [6.07, 6.45) is 1.68. The number of rotatable bonds is 5. The molecular weight excluding hydrogens is 282 g/mol. The Bertz CT molecular complexity index is 680. The molecule has 22 heavy (non-hydrogen) atoms.